The third kappa shape index (κ3) is 4.20. The lowest BCUT2D eigenvalue weighted by molar-refractivity contribution is 0.102. The number of carbonyl (C=O) groups excluding carboxylic acids is 1. The van der Waals surface area contributed by atoms with Crippen molar-refractivity contribution < 1.29 is 9.21 Å². The van der Waals surface area contributed by atoms with Crippen molar-refractivity contribution in [1.82, 2.24) is 4.98 Å². The smallest absolute Gasteiger partial charge is 0.255 e. The number of amides is 1. The lowest BCUT2D eigenvalue weighted by Crippen LogP contribution is -2.12. The first kappa shape index (κ1) is 20.5. The highest BCUT2D eigenvalue weighted by Crippen LogP contribution is 2.32. The van der Waals surface area contributed by atoms with Gasteiger partial charge in [0.15, 0.2) is 5.58 Å². The topological polar surface area (TPSA) is 55.1 Å². The van der Waals surface area contributed by atoms with E-state index in [1.54, 1.807) is 36.4 Å². The summed E-state index contributed by atoms with van der Waals surface area (Å²) in [6.45, 7) is 4.35. The van der Waals surface area contributed by atoms with E-state index in [-0.39, 0.29) is 5.91 Å². The molecule has 1 atom stereocenters. The fourth-order valence-corrected chi connectivity index (χ4v) is 3.54. The molecule has 1 heterocycles. The molecule has 0 fully saturated rings. The van der Waals surface area contributed by atoms with Crippen LogP contribution >= 0.6 is 23.2 Å². The number of nitrogens with zero attached hydrogens (tertiary/aromatic N) is 1. The minimum Gasteiger partial charge on any atom is -0.436 e. The fourth-order valence-electron chi connectivity index (χ4n) is 3.19. The van der Waals surface area contributed by atoms with E-state index in [1.165, 1.54) is 5.56 Å². The highest BCUT2D eigenvalue weighted by Gasteiger charge is 2.14. The number of hydrogen-bond acceptors (Lipinski definition) is 3. The van der Waals surface area contributed by atoms with E-state index in [1.807, 2.05) is 12.1 Å². The molecule has 3 aromatic carbocycles. The Morgan fingerprint density at radius 2 is 1.93 bits per heavy atom. The Balaban J connectivity index is 1.65. The van der Waals surface area contributed by atoms with Crippen molar-refractivity contribution in [3.05, 3.63) is 81.8 Å². The van der Waals surface area contributed by atoms with E-state index in [9.17, 15) is 4.79 Å². The average molecular weight is 439 g/mol. The Bertz CT molecular complexity index is 1230. The van der Waals surface area contributed by atoms with Gasteiger partial charge in [0.25, 0.3) is 5.91 Å². The van der Waals surface area contributed by atoms with Crippen LogP contribution in [0.3, 0.4) is 0 Å². The second-order valence-corrected chi connectivity index (χ2v) is 8.06. The van der Waals surface area contributed by atoms with Gasteiger partial charge in [-0.15, -0.1) is 0 Å². The lowest BCUT2D eigenvalue weighted by atomic mass is 9.98. The molecule has 0 aliphatic heterocycles. The van der Waals surface area contributed by atoms with Crippen molar-refractivity contribution in [3.8, 4) is 11.5 Å². The number of benzene rings is 3. The summed E-state index contributed by atoms with van der Waals surface area (Å²) in [6, 6.07) is 18.1. The van der Waals surface area contributed by atoms with E-state index >= 15 is 0 Å². The molecular weight excluding hydrogens is 419 g/mol. The zero-order chi connectivity index (χ0) is 21.3. The summed E-state index contributed by atoms with van der Waals surface area (Å²) in [5.41, 5.74) is 4.40. The van der Waals surface area contributed by atoms with Crippen molar-refractivity contribution in [2.75, 3.05) is 5.32 Å². The van der Waals surface area contributed by atoms with Crippen molar-refractivity contribution in [1.29, 1.82) is 0 Å². The van der Waals surface area contributed by atoms with E-state index in [0.29, 0.717) is 33.1 Å². The van der Waals surface area contributed by atoms with Crippen LogP contribution in [-0.4, -0.2) is 10.9 Å². The molecule has 0 unspecified atom stereocenters. The first-order valence-corrected chi connectivity index (χ1v) is 10.5. The highest BCUT2D eigenvalue weighted by atomic mass is 35.5. The normalized spacial score (nSPS) is 12.1. The third-order valence-electron chi connectivity index (χ3n) is 5.14. The van der Waals surface area contributed by atoms with Crippen molar-refractivity contribution >= 4 is 45.9 Å². The number of halogens is 2. The summed E-state index contributed by atoms with van der Waals surface area (Å²) >= 11 is 12.3. The molecule has 0 radical (unpaired) electrons. The summed E-state index contributed by atoms with van der Waals surface area (Å²) in [6.07, 6.45) is 1.06. The van der Waals surface area contributed by atoms with Gasteiger partial charge in [-0.2, -0.15) is 0 Å². The molecule has 4 nitrogen and oxygen atoms in total. The summed E-state index contributed by atoms with van der Waals surface area (Å²) < 4.78 is 5.94. The maximum atomic E-state index is 12.6. The molecule has 30 heavy (non-hydrogen) atoms. The molecule has 4 aromatic rings. The zero-order valence-electron chi connectivity index (χ0n) is 16.6. The molecule has 1 N–H and O–H groups in total. The predicted octanol–water partition coefficient (Wildman–Crippen LogP) is 7.57. The number of hydrogen-bond donors (Lipinski definition) is 1. The summed E-state index contributed by atoms with van der Waals surface area (Å²) in [7, 11) is 0. The molecule has 6 heteroatoms. The molecule has 1 aromatic heterocycles. The molecule has 1 amide bonds. The van der Waals surface area contributed by atoms with Crippen molar-refractivity contribution in [3.63, 3.8) is 0 Å². The summed E-state index contributed by atoms with van der Waals surface area (Å²) in [5.74, 6) is 0.631. The number of oxazole rings is 1. The molecule has 0 saturated heterocycles. The number of carbonyl (C=O) groups is 1. The van der Waals surface area contributed by atoms with Crippen LogP contribution in [0.15, 0.2) is 65.1 Å². The highest BCUT2D eigenvalue weighted by molar-refractivity contribution is 6.34. The maximum absolute atomic E-state index is 12.6. The van der Waals surface area contributed by atoms with E-state index < -0.39 is 0 Å². The quantitative estimate of drug-likeness (QED) is 0.349. The maximum Gasteiger partial charge on any atom is 0.255 e. The Kier molecular flexibility index (Phi) is 5.80. The summed E-state index contributed by atoms with van der Waals surface area (Å²) in [5, 5.41) is 3.74. The van der Waals surface area contributed by atoms with Gasteiger partial charge in [-0.25, -0.2) is 4.98 Å². The Morgan fingerprint density at radius 1 is 1.10 bits per heavy atom. The van der Waals surface area contributed by atoms with Crippen LogP contribution in [-0.2, 0) is 0 Å². The minimum atomic E-state index is -0.299. The zero-order valence-corrected chi connectivity index (χ0v) is 18.1. The molecule has 4 rings (SSSR count). The monoisotopic (exact) mass is 438 g/mol. The number of anilines is 1. The Morgan fingerprint density at radius 3 is 2.70 bits per heavy atom. The van der Waals surface area contributed by atoms with Gasteiger partial charge in [0.1, 0.15) is 5.52 Å². The third-order valence-corrected chi connectivity index (χ3v) is 5.71. The first-order chi connectivity index (χ1) is 14.4. The average Bonchev–Trinajstić information content (AvgIpc) is 3.18. The SMILES string of the molecule is CC[C@@H](C)c1ccc2oc(-c3ccc(Cl)c(NC(=O)c4cccc(Cl)c4)c3)nc2c1. The van der Waals surface area contributed by atoms with Crippen LogP contribution < -0.4 is 5.32 Å². The number of fused-ring (bicyclic) bond motifs is 1. The molecule has 0 aliphatic rings. The molecule has 152 valence electrons. The van der Waals surface area contributed by atoms with Gasteiger partial charge in [0, 0.05) is 16.1 Å². The second kappa shape index (κ2) is 8.50. The standard InChI is InChI=1S/C24H20Cl2N2O2/c1-3-14(2)15-8-10-22-21(12-15)28-24(30-22)17-7-9-19(26)20(13-17)27-23(29)16-5-4-6-18(25)11-16/h4-14H,3H2,1-2H3,(H,27,29)/t14-/m1/s1. The van der Waals surface area contributed by atoms with Crippen LogP contribution in [0.2, 0.25) is 10.0 Å². The number of aromatic nitrogens is 1. The minimum absolute atomic E-state index is 0.299. The van der Waals surface area contributed by atoms with Gasteiger partial charge < -0.3 is 9.73 Å². The van der Waals surface area contributed by atoms with Crippen molar-refractivity contribution in [2.45, 2.75) is 26.2 Å². The van der Waals surface area contributed by atoms with Gasteiger partial charge in [-0.1, -0.05) is 49.2 Å². The fraction of sp³-hybridized carbons (Fsp3) is 0.167. The van der Waals surface area contributed by atoms with Gasteiger partial charge in [0.05, 0.1) is 10.7 Å². The van der Waals surface area contributed by atoms with E-state index in [2.05, 4.69) is 36.3 Å². The predicted molar refractivity (Wildman–Crippen MR) is 123 cm³/mol. The van der Waals surface area contributed by atoms with Gasteiger partial charge >= 0.3 is 0 Å². The Labute approximate surface area is 184 Å². The van der Waals surface area contributed by atoms with Crippen molar-refractivity contribution in [2.24, 2.45) is 0 Å². The Hall–Kier alpha value is -2.82. The van der Waals surface area contributed by atoms with Crippen LogP contribution in [0.1, 0.15) is 42.1 Å². The van der Waals surface area contributed by atoms with Gasteiger partial charge in [0.2, 0.25) is 5.89 Å². The van der Waals surface area contributed by atoms with Crippen LogP contribution in [0, 0.1) is 0 Å². The second-order valence-electron chi connectivity index (χ2n) is 7.21. The lowest BCUT2D eigenvalue weighted by Gasteiger charge is -2.09. The molecule has 0 aliphatic carbocycles. The van der Waals surface area contributed by atoms with Crippen LogP contribution in [0.5, 0.6) is 0 Å². The first-order valence-electron chi connectivity index (χ1n) is 9.72. The molecule has 0 saturated carbocycles. The molecular formula is C24H20Cl2N2O2. The number of nitrogens with one attached hydrogen (secondary N) is 1. The summed E-state index contributed by atoms with van der Waals surface area (Å²) in [4.78, 5) is 17.2. The van der Waals surface area contributed by atoms with E-state index in [0.717, 1.165) is 23.1 Å². The van der Waals surface area contributed by atoms with Crippen LogP contribution in [0.4, 0.5) is 5.69 Å². The van der Waals surface area contributed by atoms with Gasteiger partial charge in [-0.3, -0.25) is 4.79 Å². The van der Waals surface area contributed by atoms with Gasteiger partial charge in [-0.05, 0) is 66.4 Å². The van der Waals surface area contributed by atoms with Crippen LogP contribution in [0.25, 0.3) is 22.6 Å². The van der Waals surface area contributed by atoms with E-state index in [4.69, 9.17) is 27.6 Å². The number of rotatable bonds is 5. The molecule has 0 spiro atoms. The molecule has 0 bridgehead atoms. The largest absolute Gasteiger partial charge is 0.436 e.